The van der Waals surface area contributed by atoms with Crippen LogP contribution < -0.4 is 21.3 Å². The third kappa shape index (κ3) is 20.0. The third-order valence-electron chi connectivity index (χ3n) is 12.8. The molecule has 18 heteroatoms. The highest BCUT2D eigenvalue weighted by Crippen LogP contribution is 2.27. The molecule has 76 heavy (non-hydrogen) atoms. The lowest BCUT2D eigenvalue weighted by molar-refractivity contribution is 0.0127. The number of anilines is 2. The van der Waals surface area contributed by atoms with Gasteiger partial charge < -0.3 is 41.0 Å². The van der Waals surface area contributed by atoms with Crippen molar-refractivity contribution in [3.8, 4) is 22.5 Å². The van der Waals surface area contributed by atoms with Gasteiger partial charge >= 0.3 is 12.2 Å². The number of benzene rings is 2. The summed E-state index contributed by atoms with van der Waals surface area (Å²) in [4.78, 5) is 33.5. The second-order valence-electron chi connectivity index (χ2n) is 21.5. The summed E-state index contributed by atoms with van der Waals surface area (Å²) in [5.41, 5.74) is 5.42. The highest BCUT2D eigenvalue weighted by atomic mass is 19.1. The quantitative estimate of drug-likeness (QED) is 0.0314. The van der Waals surface area contributed by atoms with E-state index in [1.54, 1.807) is 21.5 Å². The summed E-state index contributed by atoms with van der Waals surface area (Å²) in [5.74, 6) is -0.578. The fourth-order valence-electron chi connectivity index (χ4n) is 7.91. The first-order valence-electron chi connectivity index (χ1n) is 26.3. The number of aliphatic hydroxyl groups is 2. The van der Waals surface area contributed by atoms with Crippen LogP contribution in [0.2, 0.25) is 0 Å². The van der Waals surface area contributed by atoms with E-state index in [4.69, 9.17) is 9.47 Å². The van der Waals surface area contributed by atoms with Gasteiger partial charge in [0.1, 0.15) is 23.8 Å². The minimum absolute atomic E-state index is 0.100. The smallest absolute Gasteiger partial charge is 0.407 e. The summed E-state index contributed by atoms with van der Waals surface area (Å²) < 4.78 is 42.1. The first-order valence-corrected chi connectivity index (χ1v) is 26.3. The summed E-state index contributed by atoms with van der Waals surface area (Å²) in [6.45, 7) is 21.2. The van der Waals surface area contributed by atoms with E-state index in [1.165, 1.54) is 35.4 Å². The Morgan fingerprint density at radius 3 is 1.28 bits per heavy atom. The fourth-order valence-corrected chi connectivity index (χ4v) is 7.91. The lowest BCUT2D eigenvalue weighted by Gasteiger charge is -2.31. The van der Waals surface area contributed by atoms with Crippen molar-refractivity contribution in [3.63, 3.8) is 0 Å². The van der Waals surface area contributed by atoms with Crippen LogP contribution in [0.15, 0.2) is 109 Å². The second kappa shape index (κ2) is 28.8. The van der Waals surface area contributed by atoms with Crippen molar-refractivity contribution in [1.82, 2.24) is 40.2 Å². The number of hydrogen-bond donors (Lipinski definition) is 6. The van der Waals surface area contributed by atoms with Crippen molar-refractivity contribution in [1.29, 1.82) is 0 Å². The van der Waals surface area contributed by atoms with Crippen LogP contribution in [0.5, 0.6) is 0 Å². The number of aryl methyl sites for hydroxylation is 2. The van der Waals surface area contributed by atoms with Gasteiger partial charge in [0.25, 0.3) is 0 Å². The number of rotatable bonds is 24. The Bertz CT molecular complexity index is 2500. The summed E-state index contributed by atoms with van der Waals surface area (Å²) in [5, 5.41) is 42.5. The molecule has 412 valence electrons. The van der Waals surface area contributed by atoms with E-state index in [-0.39, 0.29) is 23.9 Å². The molecule has 16 nitrogen and oxygen atoms in total. The first-order chi connectivity index (χ1) is 36.1. The van der Waals surface area contributed by atoms with E-state index in [2.05, 4.69) is 41.4 Å². The average Bonchev–Trinajstić information content (AvgIpc) is 4.05. The molecule has 0 radical (unpaired) electrons. The molecule has 0 saturated carbocycles. The maximum atomic E-state index is 13.4. The molecule has 0 aliphatic heterocycles. The van der Waals surface area contributed by atoms with Crippen molar-refractivity contribution >= 4 is 23.8 Å². The van der Waals surface area contributed by atoms with Crippen LogP contribution in [0.3, 0.4) is 0 Å². The normalized spacial score (nSPS) is 14.0. The van der Waals surface area contributed by atoms with Gasteiger partial charge in [0.05, 0.1) is 48.8 Å². The Kier molecular flexibility index (Phi) is 22.7. The van der Waals surface area contributed by atoms with Crippen molar-refractivity contribution in [2.75, 3.05) is 23.7 Å². The number of nitrogens with zero attached hydrogens (tertiary/aromatic N) is 6. The lowest BCUT2D eigenvalue weighted by Crippen LogP contribution is -2.48. The van der Waals surface area contributed by atoms with Gasteiger partial charge in [-0.05, 0) is 63.1 Å². The molecule has 4 heterocycles. The van der Waals surface area contributed by atoms with Crippen LogP contribution in [0.4, 0.5) is 30.0 Å². The molecule has 0 saturated heterocycles. The number of hydrogen-bond acceptors (Lipinski definition) is 12. The minimum Gasteiger partial charge on any atom is -0.444 e. The summed E-state index contributed by atoms with van der Waals surface area (Å²) in [6, 6.07) is 28.0. The molecule has 6 atom stereocenters. The van der Waals surface area contributed by atoms with Gasteiger partial charge in [-0.25, -0.2) is 19.6 Å². The molecule has 0 unspecified atom stereocenters. The Hall–Kier alpha value is -6.92. The monoisotopic (exact) mass is 1050 g/mol. The molecule has 0 fully saturated rings. The number of halogens is 2. The van der Waals surface area contributed by atoms with Gasteiger partial charge in [0, 0.05) is 47.4 Å². The summed E-state index contributed by atoms with van der Waals surface area (Å²) >= 11 is 0. The SMILES string of the molecule is CCCC[C@H](NC(=O)O[C@H](Cn1ccc(-c2ccc(C)cc2)n1)C(C)(C)C)[C@@H](O)CNc1cccc(F)n1.CCCC[C@H](NC(=O)O[C@H](Cn1ccc(-c2ccc(C)cc2)n1)C(C)(C)C)[C@H](O)CNc1cccc(F)n1. The molecule has 4 aromatic heterocycles. The van der Waals surface area contributed by atoms with Gasteiger partial charge in [0.15, 0.2) is 0 Å². The number of aromatic nitrogens is 6. The van der Waals surface area contributed by atoms with Gasteiger partial charge in [0.2, 0.25) is 11.9 Å². The topological polar surface area (TPSA) is 203 Å². The Morgan fingerprint density at radius 2 is 0.947 bits per heavy atom. The maximum absolute atomic E-state index is 13.4. The molecule has 2 aromatic carbocycles. The number of ether oxygens (including phenoxy) is 2. The first kappa shape index (κ1) is 60.0. The highest BCUT2D eigenvalue weighted by Gasteiger charge is 2.33. The van der Waals surface area contributed by atoms with E-state index in [0.717, 1.165) is 48.2 Å². The van der Waals surface area contributed by atoms with Crippen molar-refractivity contribution in [2.24, 2.45) is 10.8 Å². The van der Waals surface area contributed by atoms with Crippen LogP contribution >= 0.6 is 0 Å². The average molecular weight is 1050 g/mol. The second-order valence-corrected chi connectivity index (χ2v) is 21.5. The Morgan fingerprint density at radius 1 is 0.579 bits per heavy atom. The van der Waals surface area contributed by atoms with Crippen LogP contribution in [-0.2, 0) is 22.6 Å². The molecule has 0 aliphatic rings. The van der Waals surface area contributed by atoms with Gasteiger partial charge in [-0.15, -0.1) is 0 Å². The van der Waals surface area contributed by atoms with Crippen LogP contribution in [0.1, 0.15) is 105 Å². The largest absolute Gasteiger partial charge is 0.444 e. The number of pyridine rings is 2. The van der Waals surface area contributed by atoms with Gasteiger partial charge in [-0.1, -0.05) is 153 Å². The van der Waals surface area contributed by atoms with Crippen LogP contribution in [0.25, 0.3) is 22.5 Å². The van der Waals surface area contributed by atoms with Crippen molar-refractivity contribution in [3.05, 3.63) is 132 Å². The minimum atomic E-state index is -0.921. The number of aliphatic hydroxyl groups excluding tert-OH is 2. The van der Waals surface area contributed by atoms with Crippen LogP contribution in [0, 0.1) is 36.6 Å². The molecule has 6 rings (SSSR count). The number of unbranched alkanes of at least 4 members (excludes halogenated alkanes) is 2. The standard InChI is InChI=1S/2C29H40FN5O3/c2*1-6-7-9-23(24(36)18-31-27-11-8-10-26(30)33-27)32-28(37)38-25(29(3,4)5)19-35-17-16-22(34-35)21-14-12-20(2)13-15-21/h2*8,10-17,23-25,36H,6-7,9,18-19H2,1-5H3,(H,31,33)(H,32,37)/t23-,24+,25+;23-,24-,25+/m00/s1. The Balaban J connectivity index is 0.000000281. The molecule has 6 aromatic rings. The number of nitrogens with one attached hydrogen (secondary N) is 4. The molecular formula is C58H80F2N10O6. The van der Waals surface area contributed by atoms with E-state index >= 15 is 0 Å². The zero-order chi connectivity index (χ0) is 55.4. The van der Waals surface area contributed by atoms with Gasteiger partial charge in [-0.2, -0.15) is 19.0 Å². The summed E-state index contributed by atoms with van der Waals surface area (Å²) in [6.07, 6.45) is 4.40. The molecular weight excluding hydrogens is 971 g/mol. The summed E-state index contributed by atoms with van der Waals surface area (Å²) in [7, 11) is 0. The van der Waals surface area contributed by atoms with E-state index in [0.29, 0.717) is 37.6 Å². The third-order valence-corrected chi connectivity index (χ3v) is 12.8. The number of amides is 2. The highest BCUT2D eigenvalue weighted by molar-refractivity contribution is 5.68. The molecule has 0 bridgehead atoms. The van der Waals surface area contributed by atoms with Gasteiger partial charge in [-0.3, -0.25) is 9.36 Å². The molecule has 2 amide bonds. The number of alkyl carbamates (subject to hydrolysis) is 2. The number of carbonyl (C=O) groups is 2. The Labute approximate surface area is 447 Å². The zero-order valence-corrected chi connectivity index (χ0v) is 45.9. The van der Waals surface area contributed by atoms with E-state index in [9.17, 15) is 28.6 Å². The predicted molar refractivity (Wildman–Crippen MR) is 295 cm³/mol. The van der Waals surface area contributed by atoms with E-state index < -0.39 is 60.6 Å². The molecule has 0 spiro atoms. The number of carbonyl (C=O) groups excluding carboxylic acids is 2. The predicted octanol–water partition coefficient (Wildman–Crippen LogP) is 11.1. The fraction of sp³-hybridized carbons (Fsp3) is 0.483. The van der Waals surface area contributed by atoms with Crippen molar-refractivity contribution in [2.45, 2.75) is 157 Å². The maximum Gasteiger partial charge on any atom is 0.407 e. The zero-order valence-electron chi connectivity index (χ0n) is 45.9. The molecule has 6 N–H and O–H groups in total. The van der Waals surface area contributed by atoms with Crippen molar-refractivity contribution < 1.29 is 38.1 Å². The molecule has 0 aliphatic carbocycles. The van der Waals surface area contributed by atoms with E-state index in [1.807, 2.05) is 142 Å². The van der Waals surface area contributed by atoms with Crippen LogP contribution in [-0.4, -0.2) is 102 Å². The lowest BCUT2D eigenvalue weighted by atomic mass is 9.89.